The first-order valence-electron chi connectivity index (χ1n) is 6.01. The summed E-state index contributed by atoms with van der Waals surface area (Å²) in [7, 11) is 1.75. The molecule has 0 radical (unpaired) electrons. The van der Waals surface area contributed by atoms with Crippen molar-refractivity contribution in [2.75, 3.05) is 7.05 Å². The summed E-state index contributed by atoms with van der Waals surface area (Å²) >= 11 is 3.26. The van der Waals surface area contributed by atoms with E-state index in [4.69, 9.17) is 4.42 Å². The number of carbonyl (C=O) groups excluding carboxylic acids is 1. The maximum Gasteiger partial charge on any atom is 0.289 e. The van der Waals surface area contributed by atoms with Gasteiger partial charge < -0.3 is 9.32 Å². The van der Waals surface area contributed by atoms with E-state index in [2.05, 4.69) is 4.98 Å². The Morgan fingerprint density at radius 2 is 2.25 bits per heavy atom. The molecule has 0 N–H and O–H groups in total. The van der Waals surface area contributed by atoms with Crippen molar-refractivity contribution >= 4 is 28.6 Å². The van der Waals surface area contributed by atoms with Crippen LogP contribution in [0.4, 0.5) is 0 Å². The average molecular weight is 304 g/mol. The van der Waals surface area contributed by atoms with Crippen LogP contribution in [-0.2, 0) is 6.54 Å². The topological polar surface area (TPSA) is 46.3 Å². The van der Waals surface area contributed by atoms with Gasteiger partial charge in [0.2, 0.25) is 0 Å². The number of furan rings is 1. The van der Waals surface area contributed by atoms with E-state index in [1.165, 1.54) is 6.26 Å². The fourth-order valence-corrected chi connectivity index (χ4v) is 3.42. The third-order valence-electron chi connectivity index (χ3n) is 2.76. The van der Waals surface area contributed by atoms with Crippen LogP contribution in [0, 0.1) is 0 Å². The Morgan fingerprint density at radius 1 is 1.35 bits per heavy atom. The molecule has 0 aliphatic rings. The van der Waals surface area contributed by atoms with Gasteiger partial charge in [-0.25, -0.2) is 4.98 Å². The maximum atomic E-state index is 12.1. The Hall–Kier alpha value is -1.92. The van der Waals surface area contributed by atoms with Crippen molar-refractivity contribution in [3.8, 4) is 9.88 Å². The van der Waals surface area contributed by atoms with Gasteiger partial charge in [0.25, 0.3) is 5.91 Å². The molecule has 0 aliphatic carbocycles. The molecule has 0 saturated carbocycles. The van der Waals surface area contributed by atoms with E-state index in [0.29, 0.717) is 12.3 Å². The van der Waals surface area contributed by atoms with Crippen LogP contribution in [0.15, 0.2) is 45.7 Å². The number of thiazole rings is 1. The number of aromatic nitrogens is 1. The minimum absolute atomic E-state index is 0.138. The molecule has 0 aliphatic heterocycles. The minimum atomic E-state index is -0.138. The van der Waals surface area contributed by atoms with Gasteiger partial charge >= 0.3 is 0 Å². The Labute approximate surface area is 124 Å². The molecule has 1 amide bonds. The zero-order valence-electron chi connectivity index (χ0n) is 10.8. The molecular formula is C14H12N2O2S2. The normalized spacial score (nSPS) is 10.7. The van der Waals surface area contributed by atoms with Crippen molar-refractivity contribution in [3.63, 3.8) is 0 Å². The van der Waals surface area contributed by atoms with Crippen molar-refractivity contribution in [2.45, 2.75) is 6.54 Å². The predicted molar refractivity (Wildman–Crippen MR) is 79.9 cm³/mol. The number of thiophene rings is 1. The smallest absolute Gasteiger partial charge is 0.289 e. The molecule has 3 aromatic rings. The Bertz CT molecular complexity index is 687. The van der Waals surface area contributed by atoms with E-state index in [1.807, 2.05) is 22.9 Å². The molecule has 0 atom stereocenters. The summed E-state index contributed by atoms with van der Waals surface area (Å²) in [5.74, 6) is 0.210. The van der Waals surface area contributed by atoms with E-state index in [0.717, 1.165) is 15.6 Å². The molecule has 0 unspecified atom stereocenters. The third-order valence-corrected chi connectivity index (χ3v) is 4.69. The molecular weight excluding hydrogens is 292 g/mol. The number of nitrogens with zero attached hydrogens (tertiary/aromatic N) is 2. The van der Waals surface area contributed by atoms with E-state index in [9.17, 15) is 4.79 Å². The van der Waals surface area contributed by atoms with E-state index in [-0.39, 0.29) is 5.91 Å². The summed E-state index contributed by atoms with van der Waals surface area (Å²) in [5.41, 5.74) is 0.890. The molecule has 4 nitrogen and oxygen atoms in total. The first kappa shape index (κ1) is 13.1. The Balaban J connectivity index is 1.70. The Kier molecular flexibility index (Phi) is 3.66. The van der Waals surface area contributed by atoms with Crippen molar-refractivity contribution < 1.29 is 9.21 Å². The number of hydrogen-bond acceptors (Lipinski definition) is 5. The second-order valence-electron chi connectivity index (χ2n) is 4.26. The van der Waals surface area contributed by atoms with Gasteiger partial charge in [0.15, 0.2) is 5.76 Å². The highest BCUT2D eigenvalue weighted by Crippen LogP contribution is 2.28. The molecule has 3 aromatic heterocycles. The number of rotatable bonds is 4. The lowest BCUT2D eigenvalue weighted by atomic mass is 10.3. The molecule has 0 aromatic carbocycles. The zero-order valence-corrected chi connectivity index (χ0v) is 12.4. The molecule has 0 bridgehead atoms. The van der Waals surface area contributed by atoms with E-state index >= 15 is 0 Å². The number of hydrogen-bond donors (Lipinski definition) is 0. The zero-order chi connectivity index (χ0) is 13.9. The molecule has 102 valence electrons. The second-order valence-corrected chi connectivity index (χ2v) is 6.07. The highest BCUT2D eigenvalue weighted by Gasteiger charge is 2.16. The standard InChI is InChI=1S/C14H12N2O2S2/c1-16(14(17)11-4-2-6-18-11)8-10-9-20-13(15-10)12-5-3-7-19-12/h2-7,9H,8H2,1H3. The van der Waals surface area contributed by atoms with Crippen LogP contribution >= 0.6 is 22.7 Å². The van der Waals surface area contributed by atoms with Gasteiger partial charge in [0, 0.05) is 12.4 Å². The average Bonchev–Trinajstić information content (AvgIpc) is 3.19. The van der Waals surface area contributed by atoms with Crippen molar-refractivity contribution in [3.05, 3.63) is 52.7 Å². The lowest BCUT2D eigenvalue weighted by Gasteiger charge is -2.13. The molecule has 3 heterocycles. The highest BCUT2D eigenvalue weighted by molar-refractivity contribution is 7.20. The maximum absolute atomic E-state index is 12.1. The van der Waals surface area contributed by atoms with Gasteiger partial charge in [-0.05, 0) is 23.6 Å². The van der Waals surface area contributed by atoms with Crippen LogP contribution in [0.5, 0.6) is 0 Å². The van der Waals surface area contributed by atoms with Crippen LogP contribution in [-0.4, -0.2) is 22.8 Å². The minimum Gasteiger partial charge on any atom is -0.459 e. The fraction of sp³-hybridized carbons (Fsp3) is 0.143. The van der Waals surface area contributed by atoms with Crippen molar-refractivity contribution in [2.24, 2.45) is 0 Å². The summed E-state index contributed by atoms with van der Waals surface area (Å²) in [4.78, 5) is 19.4. The summed E-state index contributed by atoms with van der Waals surface area (Å²) in [6.45, 7) is 0.474. The number of carbonyl (C=O) groups is 1. The molecule has 0 fully saturated rings. The van der Waals surface area contributed by atoms with Gasteiger partial charge in [0.1, 0.15) is 5.01 Å². The summed E-state index contributed by atoms with van der Waals surface area (Å²) in [6.07, 6.45) is 1.50. The van der Waals surface area contributed by atoms with Crippen LogP contribution in [0.2, 0.25) is 0 Å². The van der Waals surface area contributed by atoms with Crippen molar-refractivity contribution in [1.82, 2.24) is 9.88 Å². The van der Waals surface area contributed by atoms with E-state index < -0.39 is 0 Å². The van der Waals surface area contributed by atoms with Crippen molar-refractivity contribution in [1.29, 1.82) is 0 Å². The van der Waals surface area contributed by atoms with Crippen LogP contribution in [0.25, 0.3) is 9.88 Å². The lowest BCUT2D eigenvalue weighted by Crippen LogP contribution is -2.25. The summed E-state index contributed by atoms with van der Waals surface area (Å²) in [6, 6.07) is 7.42. The number of amides is 1. The molecule has 0 spiro atoms. The predicted octanol–water partition coefficient (Wildman–Crippen LogP) is 3.74. The highest BCUT2D eigenvalue weighted by atomic mass is 32.1. The van der Waals surface area contributed by atoms with Gasteiger partial charge in [-0.3, -0.25) is 4.79 Å². The monoisotopic (exact) mass is 304 g/mol. The summed E-state index contributed by atoms with van der Waals surface area (Å²) < 4.78 is 5.11. The van der Waals surface area contributed by atoms with Crippen LogP contribution in [0.1, 0.15) is 16.2 Å². The summed E-state index contributed by atoms with van der Waals surface area (Å²) in [5, 5.41) is 5.01. The quantitative estimate of drug-likeness (QED) is 0.737. The van der Waals surface area contributed by atoms with Gasteiger partial charge in [-0.2, -0.15) is 0 Å². The first-order valence-corrected chi connectivity index (χ1v) is 7.77. The largest absolute Gasteiger partial charge is 0.459 e. The molecule has 20 heavy (non-hydrogen) atoms. The van der Waals surface area contributed by atoms with Crippen LogP contribution < -0.4 is 0 Å². The Morgan fingerprint density at radius 3 is 2.95 bits per heavy atom. The second kappa shape index (κ2) is 5.60. The SMILES string of the molecule is CN(Cc1csc(-c2cccs2)n1)C(=O)c1ccco1. The third kappa shape index (κ3) is 2.66. The molecule has 6 heteroatoms. The fourth-order valence-electron chi connectivity index (χ4n) is 1.80. The molecule has 3 rings (SSSR count). The van der Waals surface area contributed by atoms with Gasteiger partial charge in [-0.15, -0.1) is 22.7 Å². The van der Waals surface area contributed by atoms with Crippen LogP contribution in [0.3, 0.4) is 0 Å². The van der Waals surface area contributed by atoms with E-state index in [1.54, 1.807) is 46.8 Å². The lowest BCUT2D eigenvalue weighted by molar-refractivity contribution is 0.0752. The van der Waals surface area contributed by atoms with Gasteiger partial charge in [0.05, 0.1) is 23.4 Å². The van der Waals surface area contributed by atoms with Gasteiger partial charge in [-0.1, -0.05) is 6.07 Å². The first-order chi connectivity index (χ1) is 9.74. The molecule has 0 saturated heterocycles.